The molecule has 2 aliphatic heterocycles. The molecule has 0 saturated carbocycles. The lowest BCUT2D eigenvalue weighted by molar-refractivity contribution is -0.150. The van der Waals surface area contributed by atoms with Gasteiger partial charge >= 0.3 is 5.97 Å². The second-order valence-electron chi connectivity index (χ2n) is 8.41. The Kier molecular flexibility index (Phi) is 9.85. The fraction of sp³-hybridized carbons (Fsp3) is 0.750. The number of carbonyl (C=O) groups excluding carboxylic acids is 3. The van der Waals surface area contributed by atoms with Crippen molar-refractivity contribution in [2.75, 3.05) is 19.6 Å². The van der Waals surface area contributed by atoms with E-state index in [1.165, 1.54) is 6.92 Å². The Morgan fingerprint density at radius 1 is 1.18 bits per heavy atom. The summed E-state index contributed by atoms with van der Waals surface area (Å²) in [6.45, 7) is 2.51. The molecular formula is C20H35N7O6. The van der Waals surface area contributed by atoms with Crippen LogP contribution in [0.2, 0.25) is 0 Å². The van der Waals surface area contributed by atoms with Crippen molar-refractivity contribution < 1.29 is 29.4 Å². The highest BCUT2D eigenvalue weighted by Crippen LogP contribution is 2.19. The standard InChI is InChI=1S/C20H35N7O6/c1-11(28)15(18(31)27-10-4-7-14(27)19(32)33)26-17(30)13(6-3-9-24-20(21)22)25-16(29)12-5-2-8-23-12/h11-15,23,28H,2-10H2,1H3,(H,25,29)(H,26,30)(H,32,33)(H4,21,22,24). The lowest BCUT2D eigenvalue weighted by atomic mass is 10.1. The molecule has 2 aliphatic rings. The molecule has 9 N–H and O–H groups in total. The van der Waals surface area contributed by atoms with E-state index in [2.05, 4.69) is 20.9 Å². The van der Waals surface area contributed by atoms with Gasteiger partial charge in [0.15, 0.2) is 5.96 Å². The first kappa shape index (κ1) is 26.3. The topological polar surface area (TPSA) is 212 Å². The largest absolute Gasteiger partial charge is 0.480 e. The van der Waals surface area contributed by atoms with Gasteiger partial charge in [-0.25, -0.2) is 4.79 Å². The van der Waals surface area contributed by atoms with E-state index < -0.39 is 48.1 Å². The average molecular weight is 470 g/mol. The zero-order chi connectivity index (χ0) is 24.5. The van der Waals surface area contributed by atoms with Crippen molar-refractivity contribution in [3.8, 4) is 0 Å². The Hall–Kier alpha value is -2.93. The zero-order valence-electron chi connectivity index (χ0n) is 18.8. The summed E-state index contributed by atoms with van der Waals surface area (Å²) in [7, 11) is 0. The molecule has 13 nitrogen and oxygen atoms in total. The number of aliphatic imine (C=N–C) groups is 1. The number of nitrogens with zero attached hydrogens (tertiary/aromatic N) is 2. The zero-order valence-corrected chi connectivity index (χ0v) is 18.8. The smallest absolute Gasteiger partial charge is 0.326 e. The quantitative estimate of drug-likeness (QED) is 0.0945. The monoisotopic (exact) mass is 469 g/mol. The van der Waals surface area contributed by atoms with Gasteiger partial charge in [0.1, 0.15) is 18.1 Å². The number of amides is 3. The van der Waals surface area contributed by atoms with Crippen LogP contribution in [0.4, 0.5) is 0 Å². The van der Waals surface area contributed by atoms with Gasteiger partial charge in [0.05, 0.1) is 12.1 Å². The molecule has 5 unspecified atom stereocenters. The van der Waals surface area contributed by atoms with E-state index in [0.29, 0.717) is 32.2 Å². The first-order valence-corrected chi connectivity index (χ1v) is 11.2. The molecule has 3 amide bonds. The molecule has 13 heteroatoms. The van der Waals surface area contributed by atoms with Gasteiger partial charge in [-0.05, 0) is 52.0 Å². The second-order valence-corrected chi connectivity index (χ2v) is 8.41. The molecule has 0 aromatic rings. The molecule has 5 atom stereocenters. The number of aliphatic carboxylic acids is 1. The summed E-state index contributed by atoms with van der Waals surface area (Å²) >= 11 is 0. The summed E-state index contributed by atoms with van der Waals surface area (Å²) in [5.41, 5.74) is 10.6. The van der Waals surface area contributed by atoms with Crippen molar-refractivity contribution in [3.63, 3.8) is 0 Å². The Morgan fingerprint density at radius 3 is 2.48 bits per heavy atom. The van der Waals surface area contributed by atoms with Crippen molar-refractivity contribution in [1.29, 1.82) is 0 Å². The summed E-state index contributed by atoms with van der Waals surface area (Å²) in [5.74, 6) is -2.89. The van der Waals surface area contributed by atoms with Crippen LogP contribution in [0.3, 0.4) is 0 Å². The number of aliphatic hydroxyl groups is 1. The molecule has 2 saturated heterocycles. The first-order chi connectivity index (χ1) is 15.6. The summed E-state index contributed by atoms with van der Waals surface area (Å²) in [4.78, 5) is 55.1. The van der Waals surface area contributed by atoms with Crippen LogP contribution in [0.25, 0.3) is 0 Å². The number of rotatable bonds is 11. The second kappa shape index (κ2) is 12.3. The number of aliphatic hydroxyl groups excluding tert-OH is 1. The van der Waals surface area contributed by atoms with Crippen LogP contribution in [-0.2, 0) is 19.2 Å². The predicted octanol–water partition coefficient (Wildman–Crippen LogP) is -2.78. The maximum absolute atomic E-state index is 13.0. The Bertz CT molecular complexity index is 749. The normalized spacial score (nSPS) is 22.8. The summed E-state index contributed by atoms with van der Waals surface area (Å²) in [5, 5.41) is 27.8. The number of carboxylic acids is 1. The average Bonchev–Trinajstić information content (AvgIpc) is 3.45. The summed E-state index contributed by atoms with van der Waals surface area (Å²) in [6, 6.07) is -3.75. The number of nitrogens with two attached hydrogens (primary N) is 2. The van der Waals surface area contributed by atoms with Gasteiger partial charge in [0, 0.05) is 13.1 Å². The van der Waals surface area contributed by atoms with Crippen molar-refractivity contribution in [2.45, 2.75) is 75.7 Å². The fourth-order valence-electron chi connectivity index (χ4n) is 4.06. The van der Waals surface area contributed by atoms with E-state index in [4.69, 9.17) is 11.5 Å². The van der Waals surface area contributed by atoms with Crippen LogP contribution in [0.15, 0.2) is 4.99 Å². The number of hydrogen-bond donors (Lipinski definition) is 7. The molecule has 0 aromatic heterocycles. The van der Waals surface area contributed by atoms with E-state index in [9.17, 15) is 29.4 Å². The molecule has 0 radical (unpaired) electrons. The number of nitrogens with one attached hydrogen (secondary N) is 3. The van der Waals surface area contributed by atoms with Crippen LogP contribution in [0.5, 0.6) is 0 Å². The Morgan fingerprint density at radius 2 is 1.91 bits per heavy atom. The van der Waals surface area contributed by atoms with Gasteiger partial charge in [-0.2, -0.15) is 0 Å². The predicted molar refractivity (Wildman–Crippen MR) is 119 cm³/mol. The third-order valence-corrected chi connectivity index (χ3v) is 5.82. The van der Waals surface area contributed by atoms with Gasteiger partial charge < -0.3 is 42.5 Å². The third kappa shape index (κ3) is 7.56. The van der Waals surface area contributed by atoms with Crippen LogP contribution in [0.1, 0.15) is 45.4 Å². The minimum atomic E-state index is -1.35. The van der Waals surface area contributed by atoms with E-state index >= 15 is 0 Å². The third-order valence-electron chi connectivity index (χ3n) is 5.82. The van der Waals surface area contributed by atoms with E-state index in [1.807, 2.05) is 0 Å². The number of guanidine groups is 1. The minimum absolute atomic E-state index is 0.0893. The van der Waals surface area contributed by atoms with Crippen LogP contribution in [-0.4, -0.2) is 94.7 Å². The highest BCUT2D eigenvalue weighted by molar-refractivity contribution is 5.94. The van der Waals surface area contributed by atoms with Gasteiger partial charge in [-0.1, -0.05) is 0 Å². The van der Waals surface area contributed by atoms with Gasteiger partial charge in [-0.15, -0.1) is 0 Å². The number of carbonyl (C=O) groups is 4. The highest BCUT2D eigenvalue weighted by atomic mass is 16.4. The molecule has 2 fully saturated rings. The van der Waals surface area contributed by atoms with E-state index in [0.717, 1.165) is 11.3 Å². The lowest BCUT2D eigenvalue weighted by Crippen LogP contribution is -2.59. The molecule has 0 aromatic carbocycles. The van der Waals surface area contributed by atoms with E-state index in [-0.39, 0.29) is 31.4 Å². The molecule has 0 spiro atoms. The Labute approximate surface area is 192 Å². The van der Waals surface area contributed by atoms with Gasteiger partial charge in [0.2, 0.25) is 17.7 Å². The highest BCUT2D eigenvalue weighted by Gasteiger charge is 2.40. The van der Waals surface area contributed by atoms with Gasteiger partial charge in [-0.3, -0.25) is 19.4 Å². The van der Waals surface area contributed by atoms with Crippen LogP contribution >= 0.6 is 0 Å². The molecule has 0 bridgehead atoms. The van der Waals surface area contributed by atoms with Crippen molar-refractivity contribution in [1.82, 2.24) is 20.9 Å². The molecule has 2 heterocycles. The van der Waals surface area contributed by atoms with Crippen molar-refractivity contribution in [2.24, 2.45) is 16.5 Å². The molecule has 2 rings (SSSR count). The van der Waals surface area contributed by atoms with Crippen molar-refractivity contribution in [3.05, 3.63) is 0 Å². The SMILES string of the molecule is CC(O)C(NC(=O)C(CCCN=C(N)N)NC(=O)C1CCCN1)C(=O)N1CCCC1C(=O)O. The first-order valence-electron chi connectivity index (χ1n) is 11.2. The molecule has 186 valence electrons. The Balaban J connectivity index is 2.10. The maximum atomic E-state index is 13.0. The number of carboxylic acid groups (broad SMARTS) is 1. The van der Waals surface area contributed by atoms with Crippen molar-refractivity contribution >= 4 is 29.7 Å². The van der Waals surface area contributed by atoms with Crippen LogP contribution in [0, 0.1) is 0 Å². The van der Waals surface area contributed by atoms with Crippen LogP contribution < -0.4 is 27.4 Å². The molecule has 33 heavy (non-hydrogen) atoms. The maximum Gasteiger partial charge on any atom is 0.326 e. The number of hydrogen-bond acceptors (Lipinski definition) is 7. The minimum Gasteiger partial charge on any atom is -0.480 e. The van der Waals surface area contributed by atoms with Gasteiger partial charge in [0.25, 0.3) is 0 Å². The molecular weight excluding hydrogens is 434 g/mol. The van der Waals surface area contributed by atoms with E-state index in [1.54, 1.807) is 0 Å². The summed E-state index contributed by atoms with van der Waals surface area (Å²) in [6.07, 6.45) is 1.62. The lowest BCUT2D eigenvalue weighted by Gasteiger charge is -2.30. The fourth-order valence-corrected chi connectivity index (χ4v) is 4.06. The molecule has 0 aliphatic carbocycles. The number of likely N-dealkylation sites (tertiary alicyclic amines) is 1. The summed E-state index contributed by atoms with van der Waals surface area (Å²) < 4.78 is 0.